The number of allylic oxidation sites excluding steroid dienone is 10. The Morgan fingerprint density at radius 3 is 1.55 bits per heavy atom. The van der Waals surface area contributed by atoms with Gasteiger partial charge in [-0.1, -0.05) is 5.92 Å². The minimum Gasteiger partial charge on any atom is -0.382 e. The number of ether oxygens (including phenoxy) is 8. The number of aromatic amines is 1. The topological polar surface area (TPSA) is 179 Å². The van der Waals surface area contributed by atoms with E-state index in [4.69, 9.17) is 59.3 Å². The highest BCUT2D eigenvalue weighted by atomic mass is 16.6. The number of amides is 2. The lowest BCUT2D eigenvalue weighted by molar-refractivity contribution is -0.136. The minimum absolute atomic E-state index is 0.277. The maximum atomic E-state index is 12.4. The van der Waals surface area contributed by atoms with Crippen molar-refractivity contribution in [1.82, 2.24) is 20.1 Å². The molecule has 7 rings (SSSR count). The number of hydrogen-bond donors (Lipinski definition) is 2. The largest absolute Gasteiger partial charge is 0.382 e. The van der Waals surface area contributed by atoms with Gasteiger partial charge in [-0.15, -0.1) is 6.42 Å². The van der Waals surface area contributed by atoms with Gasteiger partial charge in [-0.25, -0.2) is 15.0 Å². The number of terminal acetylenes is 1. The number of rotatable bonds is 32. The van der Waals surface area contributed by atoms with Crippen molar-refractivity contribution < 1.29 is 47.5 Å². The smallest absolute Gasteiger partial charge is 0.253 e. The molecule has 1 aromatic rings. The molecule has 0 atom stereocenters. The maximum absolute atomic E-state index is 12.4. The molecule has 17 heteroatoms. The molecule has 0 aliphatic carbocycles. The molecule has 0 spiro atoms. The van der Waals surface area contributed by atoms with Crippen LogP contribution in [0, 0.1) is 12.3 Å². The van der Waals surface area contributed by atoms with Crippen molar-refractivity contribution in [2.45, 2.75) is 44.9 Å². The van der Waals surface area contributed by atoms with E-state index < -0.39 is 0 Å². The van der Waals surface area contributed by atoms with Crippen LogP contribution in [0.5, 0.6) is 0 Å². The zero-order valence-electron chi connectivity index (χ0n) is 41.1. The molecule has 2 N–H and O–H groups in total. The maximum Gasteiger partial charge on any atom is 0.253 e. The van der Waals surface area contributed by atoms with Crippen LogP contribution in [-0.2, 0) is 47.5 Å². The van der Waals surface area contributed by atoms with Crippen molar-refractivity contribution in [2.24, 2.45) is 15.0 Å². The van der Waals surface area contributed by atoms with Gasteiger partial charge in [-0.3, -0.25) is 14.5 Å². The molecule has 8 bridgehead atoms. The Bertz CT molecular complexity index is 2440. The fourth-order valence-corrected chi connectivity index (χ4v) is 8.45. The number of methoxy groups -OCH3 is 2. The van der Waals surface area contributed by atoms with Gasteiger partial charge in [0.2, 0.25) is 0 Å². The zero-order valence-corrected chi connectivity index (χ0v) is 41.1. The van der Waals surface area contributed by atoms with Gasteiger partial charge in [0.05, 0.1) is 131 Å². The molecular formula is C54H67N7O10. The molecule has 17 nitrogen and oxygen atoms in total. The van der Waals surface area contributed by atoms with Gasteiger partial charge in [-0.2, -0.15) is 0 Å². The summed E-state index contributed by atoms with van der Waals surface area (Å²) < 4.78 is 44.4. The quantitative estimate of drug-likeness (QED) is 0.0489. The monoisotopic (exact) mass is 973 g/mol. The molecule has 7 heterocycles. The third-order valence-corrected chi connectivity index (χ3v) is 12.0. The second-order valence-electron chi connectivity index (χ2n) is 16.9. The van der Waals surface area contributed by atoms with Crippen molar-refractivity contribution >= 4 is 40.1 Å². The average molecular weight is 974 g/mol. The highest BCUT2D eigenvalue weighted by molar-refractivity contribution is 6.31. The molecule has 6 aliphatic heterocycles. The molecule has 1 aromatic heterocycles. The van der Waals surface area contributed by atoms with E-state index in [0.29, 0.717) is 138 Å². The first-order valence-corrected chi connectivity index (χ1v) is 24.5. The van der Waals surface area contributed by atoms with Gasteiger partial charge in [0.15, 0.2) is 0 Å². The normalized spacial score (nSPS) is 18.1. The molecule has 0 unspecified atom stereocenters. The summed E-state index contributed by atoms with van der Waals surface area (Å²) in [5.41, 5.74) is 10.5. The fourth-order valence-electron chi connectivity index (χ4n) is 8.45. The lowest BCUT2D eigenvalue weighted by Crippen LogP contribution is -2.30. The molecule has 378 valence electrons. The summed E-state index contributed by atoms with van der Waals surface area (Å²) in [6.45, 7) is 7.82. The van der Waals surface area contributed by atoms with E-state index in [9.17, 15) is 9.59 Å². The van der Waals surface area contributed by atoms with E-state index in [1.54, 1.807) is 14.2 Å². The van der Waals surface area contributed by atoms with Gasteiger partial charge >= 0.3 is 0 Å². The number of nitrogens with zero attached hydrogens (tertiary/aromatic N) is 5. The highest BCUT2D eigenvalue weighted by Gasteiger charge is 2.28. The molecule has 0 fully saturated rings. The molecule has 0 radical (unpaired) electrons. The highest BCUT2D eigenvalue weighted by Crippen LogP contribution is 2.36. The summed E-state index contributed by atoms with van der Waals surface area (Å²) in [4.78, 5) is 47.8. The van der Waals surface area contributed by atoms with Crippen LogP contribution in [0.25, 0.3) is 11.1 Å². The first kappa shape index (κ1) is 52.7. The van der Waals surface area contributed by atoms with Crippen LogP contribution in [0.15, 0.2) is 122 Å². The van der Waals surface area contributed by atoms with Gasteiger partial charge in [-0.05, 0) is 93.5 Å². The second kappa shape index (κ2) is 28.7. The van der Waals surface area contributed by atoms with E-state index in [1.807, 2.05) is 17.3 Å². The van der Waals surface area contributed by atoms with E-state index in [-0.39, 0.29) is 11.8 Å². The van der Waals surface area contributed by atoms with E-state index >= 15 is 0 Å². The second-order valence-corrected chi connectivity index (χ2v) is 16.9. The van der Waals surface area contributed by atoms with Crippen LogP contribution in [0.4, 0.5) is 0 Å². The summed E-state index contributed by atoms with van der Waals surface area (Å²) in [5, 5.41) is 3.45. The Balaban J connectivity index is 1.16. The van der Waals surface area contributed by atoms with Crippen LogP contribution in [-0.4, -0.2) is 164 Å². The van der Waals surface area contributed by atoms with Gasteiger partial charge in [0, 0.05) is 80.9 Å². The Labute approximate surface area is 417 Å². The number of nitrogens with one attached hydrogen (secondary N) is 2. The summed E-state index contributed by atoms with van der Waals surface area (Å²) in [6, 6.07) is 4.19. The third-order valence-electron chi connectivity index (χ3n) is 12.0. The zero-order chi connectivity index (χ0) is 49.5. The van der Waals surface area contributed by atoms with Gasteiger partial charge in [0.1, 0.15) is 5.82 Å². The predicted octanol–water partition coefficient (Wildman–Crippen LogP) is 6.01. The van der Waals surface area contributed by atoms with Gasteiger partial charge < -0.3 is 53.1 Å². The summed E-state index contributed by atoms with van der Waals surface area (Å²) in [7, 11) is 3.30. The lowest BCUT2D eigenvalue weighted by Gasteiger charge is -2.19. The van der Waals surface area contributed by atoms with Crippen molar-refractivity contribution in [2.75, 3.05) is 120 Å². The Hall–Kier alpha value is -6.07. The number of imide groups is 1. The number of carbonyl (C=O) groups is 2. The molecule has 0 saturated carbocycles. The molecule has 71 heavy (non-hydrogen) atoms. The molecule has 2 amide bonds. The first-order chi connectivity index (χ1) is 35.0. The van der Waals surface area contributed by atoms with Crippen LogP contribution in [0.1, 0.15) is 56.3 Å². The van der Waals surface area contributed by atoms with E-state index in [2.05, 4.69) is 64.8 Å². The average Bonchev–Trinajstić information content (AvgIpc) is 4.26. The molecular weight excluding hydrogens is 907 g/mol. The third kappa shape index (κ3) is 15.2. The van der Waals surface area contributed by atoms with Crippen LogP contribution >= 0.6 is 0 Å². The van der Waals surface area contributed by atoms with Crippen LogP contribution < -0.4 is 5.32 Å². The van der Waals surface area contributed by atoms with Crippen LogP contribution in [0.2, 0.25) is 0 Å². The predicted molar refractivity (Wildman–Crippen MR) is 273 cm³/mol. The Morgan fingerprint density at radius 2 is 1.00 bits per heavy atom. The SMILES string of the molecule is C#CCN1C=CN/C1=C1/C2=NC(=C(CCCOCCOCCOCCOC)C3=NC(=C(CCCCN4C(=O)C=CC4=O)C4=NC(=C(CCCOCCOCCOCCOC)c5ccc1[nH]5)C=C4)C=C3)C=C2. The summed E-state index contributed by atoms with van der Waals surface area (Å²) in [5.74, 6) is 3.06. The molecule has 6 aliphatic rings. The number of aliphatic imine (C=N–C) groups is 3. The first-order valence-electron chi connectivity index (χ1n) is 24.5. The van der Waals surface area contributed by atoms with Crippen molar-refractivity contribution in [1.29, 1.82) is 0 Å². The molecule has 0 aromatic carbocycles. The Morgan fingerprint density at radius 1 is 0.535 bits per heavy atom. The molecule has 0 saturated heterocycles. The lowest BCUT2D eigenvalue weighted by atomic mass is 10.0. The van der Waals surface area contributed by atoms with Gasteiger partial charge in [0.25, 0.3) is 11.8 Å². The van der Waals surface area contributed by atoms with Crippen molar-refractivity contribution in [3.63, 3.8) is 0 Å². The summed E-state index contributed by atoms with van der Waals surface area (Å²) >= 11 is 0. The standard InChI is InChI=1S/C54H67N7O10/c1-4-23-60-25-22-55-54(60)53-49-18-16-47(58-49)41(10-7-26-66-32-34-70-38-36-68-30-28-64-2)45-14-12-43(56-45)40(9-5-6-24-61-51(62)20-21-52(61)63)44-13-15-46(57-44)42(48-17-19-50(53)59-48)11-8-27-67-33-35-71-39-37-69-31-29-65-3/h1,12-22,25,55,58H,5-11,23-24,26-39H2,2-3H3/b44-40?,45-41?,48-42?,54-53-. The number of unbranched alkanes of at least 4 members (excludes halogenated alkanes) is 1. The number of aromatic nitrogens is 1. The number of carbonyl (C=O) groups excluding carboxylic acids is 2. The number of H-pyrrole nitrogens is 1. The minimum atomic E-state index is -0.277. The fraction of sp³-hybridized carbons (Fsp3) is 0.463. The van der Waals surface area contributed by atoms with Crippen molar-refractivity contribution in [3.8, 4) is 12.3 Å². The van der Waals surface area contributed by atoms with E-state index in [0.717, 1.165) is 86.6 Å². The van der Waals surface area contributed by atoms with Crippen molar-refractivity contribution in [3.05, 3.63) is 119 Å². The number of hydrogen-bond acceptors (Lipinski definition) is 15. The number of fused-ring (bicyclic) bond motifs is 5. The summed E-state index contributed by atoms with van der Waals surface area (Å²) in [6.07, 6.45) is 29.5. The van der Waals surface area contributed by atoms with E-state index in [1.165, 1.54) is 17.1 Å². The Kier molecular flexibility index (Phi) is 21.3. The van der Waals surface area contributed by atoms with Crippen LogP contribution in [0.3, 0.4) is 0 Å².